The molecule has 0 fully saturated rings. The van der Waals surface area contributed by atoms with E-state index < -0.39 is 51.1 Å². The Kier molecular flexibility index (Phi) is 34.9. The second-order valence-corrected chi connectivity index (χ2v) is 37.8. The maximum Gasteiger partial charge on any atom is 0.425 e. The standard InChI is InChI=1S/C15H18.4C14H16O3S.C14H16.5CH4.O3S/c1-11-8-9-12-6-5-7-14(13(12)10-11)15(2,3)4;1-14(2,3)12-8-4-7-11-10(12)6-5-9-13(11)18(15,16)17;1-14(2,3)11-8-4-6-10-7-5-9-12(13(10)11)18(15,16)17;1-14(2,3)13-6-4-5-10-9-11(18(15,16)17)7-8-12(10)13;1-14(2,3)12-8-9-13(18(15,16)17)11-7-5-4-6-10(11)12;1-14(2,3)13-10-6-8-11-7-4-5-9-12(11)13;;;;;;1-4(2)3/h5-10H,1-4H3;4*4-9H,1-3H3,(H,15,16,17);4-10H,1-3H3;5*1H4;. The average molecular weight is 1600 g/mol. The van der Waals surface area contributed by atoms with Gasteiger partial charge in [-0.1, -0.05) is 361 Å². The van der Waals surface area contributed by atoms with Crippen LogP contribution >= 0.6 is 0 Å². The van der Waals surface area contributed by atoms with Gasteiger partial charge in [0, 0.05) is 16.2 Å². The summed E-state index contributed by atoms with van der Waals surface area (Å²) in [7, 11) is -19.8. The summed E-state index contributed by atoms with van der Waals surface area (Å²) in [6.07, 6.45) is 0. The summed E-state index contributed by atoms with van der Waals surface area (Å²) in [4.78, 5) is -0.163. The lowest BCUT2D eigenvalue weighted by Gasteiger charge is -2.22. The molecule has 0 radical (unpaired) electrons. The number of hydrogen-bond acceptors (Lipinski definition) is 11. The van der Waals surface area contributed by atoms with E-state index in [4.69, 9.17) is 17.2 Å². The second-order valence-electron chi connectivity index (χ2n) is 31.8. The van der Waals surface area contributed by atoms with Gasteiger partial charge >= 0.3 is 10.6 Å². The summed E-state index contributed by atoms with van der Waals surface area (Å²) in [5.74, 6) is 0. The molecule has 0 atom stereocenters. The van der Waals surface area contributed by atoms with Crippen LogP contribution in [0.25, 0.3) is 64.6 Å². The quantitative estimate of drug-likeness (QED) is 0.119. The van der Waals surface area contributed by atoms with Crippen molar-refractivity contribution in [1.29, 1.82) is 0 Å². The van der Waals surface area contributed by atoms with Crippen LogP contribution in [0.15, 0.2) is 244 Å². The lowest BCUT2D eigenvalue weighted by molar-refractivity contribution is 0.481. The van der Waals surface area contributed by atoms with Crippen LogP contribution in [0.2, 0.25) is 0 Å². The van der Waals surface area contributed by atoms with E-state index >= 15 is 0 Å². The van der Waals surface area contributed by atoms with Crippen molar-refractivity contribution in [1.82, 2.24) is 0 Å². The third-order valence-corrected chi connectivity index (χ3v) is 20.9. The second kappa shape index (κ2) is 38.6. The van der Waals surface area contributed by atoms with Crippen molar-refractivity contribution in [2.45, 2.75) is 221 Å². The highest BCUT2D eigenvalue weighted by Crippen LogP contribution is 2.38. The van der Waals surface area contributed by atoms with E-state index in [1.54, 1.807) is 42.5 Å². The van der Waals surface area contributed by atoms with Gasteiger partial charge in [-0.15, -0.1) is 12.6 Å². The predicted octanol–water partition coefficient (Wildman–Crippen LogP) is 24.3. The molecule has 0 saturated heterocycles. The maximum atomic E-state index is 11.5. The molecule has 12 aromatic rings. The SMILES string of the molecule is C.C.C.C.C.CC(C)(C)c1ccc(S(=O)(=O)O)c2ccccc12.CC(C)(C)c1cccc2c(S(=O)(=O)O)cccc12.CC(C)(C)c1cccc2cc(S(=O)(=O)O)ccc12.CC(C)(C)c1cccc2cccc(S(=O)(=O)O)c12.CC(C)(C)c1cccc2ccccc12.Cc1ccc2cccc(C(C)(C)C)c2c1.O=S(=O)=O. The summed E-state index contributed by atoms with van der Waals surface area (Å²) in [6, 6.07) is 70.3. The van der Waals surface area contributed by atoms with Crippen molar-refractivity contribution >= 4 is 116 Å². The van der Waals surface area contributed by atoms with E-state index in [9.17, 15) is 47.3 Å². The van der Waals surface area contributed by atoms with Gasteiger partial charge in [-0.05, 0) is 152 Å². The van der Waals surface area contributed by atoms with Gasteiger partial charge < -0.3 is 0 Å². The van der Waals surface area contributed by atoms with Crippen molar-refractivity contribution in [2.75, 3.05) is 0 Å². The fourth-order valence-electron chi connectivity index (χ4n) is 12.5. The smallest absolute Gasteiger partial charge is 0.282 e. The molecule has 15 nitrogen and oxygen atoms in total. The molecule has 0 heterocycles. The Morgan fingerprint density at radius 2 is 0.527 bits per heavy atom. The molecule has 0 unspecified atom stereocenters. The van der Waals surface area contributed by atoms with Crippen LogP contribution in [-0.2, 0) is 83.6 Å². The number of aryl methyl sites for hydroxylation is 1. The van der Waals surface area contributed by atoms with E-state index in [2.05, 4.69) is 190 Å². The van der Waals surface area contributed by atoms with Gasteiger partial charge in [-0.3, -0.25) is 18.2 Å². The zero-order chi connectivity index (χ0) is 79.0. The molecular formula is C90H118O15S5. The van der Waals surface area contributed by atoms with Crippen LogP contribution in [0, 0.1) is 6.92 Å². The molecule has 0 aliphatic rings. The molecule has 20 heteroatoms. The van der Waals surface area contributed by atoms with E-state index in [-0.39, 0.29) is 89.2 Å². The van der Waals surface area contributed by atoms with E-state index in [0.29, 0.717) is 16.2 Å². The average Bonchev–Trinajstić information content (AvgIpc) is 0.744. The number of hydrogen-bond donors (Lipinski definition) is 4. The van der Waals surface area contributed by atoms with Crippen molar-refractivity contribution in [2.24, 2.45) is 0 Å². The van der Waals surface area contributed by atoms with E-state index in [0.717, 1.165) is 49.2 Å². The minimum Gasteiger partial charge on any atom is -0.282 e. The van der Waals surface area contributed by atoms with Crippen LogP contribution in [-0.4, -0.2) is 64.5 Å². The zero-order valence-corrected chi connectivity index (χ0v) is 67.3. The lowest BCUT2D eigenvalue weighted by Crippen LogP contribution is -2.13. The first-order valence-corrected chi connectivity index (χ1v) is 40.6. The Balaban J connectivity index is 0.000000648. The molecule has 0 aliphatic heterocycles. The van der Waals surface area contributed by atoms with Gasteiger partial charge in [0.05, 0.1) is 4.90 Å². The predicted molar refractivity (Wildman–Crippen MR) is 463 cm³/mol. The molecular weight excluding hydrogens is 1480 g/mol. The molecule has 12 aromatic carbocycles. The number of rotatable bonds is 4. The highest BCUT2D eigenvalue weighted by atomic mass is 32.2. The van der Waals surface area contributed by atoms with E-state index in [1.165, 1.54) is 68.6 Å². The Morgan fingerprint density at radius 3 is 0.955 bits per heavy atom. The van der Waals surface area contributed by atoms with Gasteiger partial charge in [0.25, 0.3) is 40.5 Å². The highest BCUT2D eigenvalue weighted by molar-refractivity contribution is 7.86. The van der Waals surface area contributed by atoms with Crippen molar-refractivity contribution in [3.05, 3.63) is 263 Å². The Morgan fingerprint density at radius 1 is 0.245 bits per heavy atom. The summed E-state index contributed by atoms with van der Waals surface area (Å²) in [5.41, 5.74) is 8.44. The molecule has 598 valence electrons. The molecule has 0 aromatic heterocycles. The van der Waals surface area contributed by atoms with Crippen molar-refractivity contribution in [3.63, 3.8) is 0 Å². The van der Waals surface area contributed by atoms with Crippen LogP contribution in [0.1, 0.15) is 201 Å². The van der Waals surface area contributed by atoms with Crippen molar-refractivity contribution < 1.29 is 64.5 Å². The zero-order valence-electron chi connectivity index (χ0n) is 63.2. The molecule has 0 saturated carbocycles. The maximum absolute atomic E-state index is 11.5. The van der Waals surface area contributed by atoms with Crippen LogP contribution < -0.4 is 0 Å². The molecule has 4 N–H and O–H groups in total. The van der Waals surface area contributed by atoms with Crippen molar-refractivity contribution in [3.8, 4) is 0 Å². The third kappa shape index (κ3) is 26.6. The van der Waals surface area contributed by atoms with Gasteiger partial charge in [0.1, 0.15) is 14.7 Å². The number of fused-ring (bicyclic) bond motifs is 6. The minimum absolute atomic E-state index is 0. The Labute approximate surface area is 659 Å². The lowest BCUT2D eigenvalue weighted by atomic mass is 9.83. The Hall–Kier alpha value is -8.54. The van der Waals surface area contributed by atoms with Crippen LogP contribution in [0.4, 0.5) is 0 Å². The fourth-order valence-corrected chi connectivity index (χ4v) is 15.1. The molecule has 0 aliphatic carbocycles. The summed E-state index contributed by atoms with van der Waals surface area (Å²) < 4.78 is 153. The third-order valence-electron chi connectivity index (χ3n) is 17.3. The monoisotopic (exact) mass is 1600 g/mol. The molecule has 110 heavy (non-hydrogen) atoms. The minimum atomic E-state index is -4.21. The van der Waals surface area contributed by atoms with Gasteiger partial charge in [-0.2, -0.15) is 33.7 Å². The summed E-state index contributed by atoms with van der Waals surface area (Å²) >= 11 is 0. The summed E-state index contributed by atoms with van der Waals surface area (Å²) in [6.45, 7) is 40.5. The Bertz CT molecular complexity index is 5650. The molecule has 0 spiro atoms. The number of benzene rings is 12. The van der Waals surface area contributed by atoms with Crippen LogP contribution in [0.5, 0.6) is 0 Å². The first-order chi connectivity index (χ1) is 48.1. The summed E-state index contributed by atoms with van der Waals surface area (Å²) in [5, 5.41) is 11.5. The first-order valence-electron chi connectivity index (χ1n) is 33.9. The van der Waals surface area contributed by atoms with E-state index in [1.807, 2.05) is 93.6 Å². The molecule has 0 bridgehead atoms. The normalized spacial score (nSPS) is 11.8. The fraction of sp³-hybridized carbons (Fsp3) is 0.333. The van der Waals surface area contributed by atoms with Gasteiger partial charge in [0.15, 0.2) is 0 Å². The highest BCUT2D eigenvalue weighted by Gasteiger charge is 2.26. The molecule has 12 rings (SSSR count). The van der Waals surface area contributed by atoms with Gasteiger partial charge in [0.2, 0.25) is 0 Å². The largest absolute Gasteiger partial charge is 0.425 e. The van der Waals surface area contributed by atoms with Gasteiger partial charge in [-0.25, -0.2) is 0 Å². The first kappa shape index (κ1) is 99.5. The van der Waals surface area contributed by atoms with Crippen LogP contribution in [0.3, 0.4) is 0 Å². The topological polar surface area (TPSA) is 269 Å². The molecule has 0 amide bonds.